The van der Waals surface area contributed by atoms with Gasteiger partial charge in [0.25, 0.3) is 5.91 Å². The quantitative estimate of drug-likeness (QED) is 0.780. The average Bonchev–Trinajstić information content (AvgIpc) is 2.13. The summed E-state index contributed by atoms with van der Waals surface area (Å²) in [4.78, 5) is 11.4. The molecule has 1 amide bonds. The molecule has 1 rings (SSSR count). The molecule has 0 aromatic rings. The second kappa shape index (κ2) is 4.21. The molecule has 1 heterocycles. The van der Waals surface area contributed by atoms with E-state index in [4.69, 9.17) is 0 Å². The molecule has 1 N–H and O–H groups in total. The summed E-state index contributed by atoms with van der Waals surface area (Å²) >= 11 is 0. The minimum absolute atomic E-state index is 0.247. The second-order valence-corrected chi connectivity index (χ2v) is 5.47. The third kappa shape index (κ3) is 2.71. The number of sulfone groups is 1. The Hall–Kier alpha value is -1.25. The van der Waals surface area contributed by atoms with Crippen molar-refractivity contribution >= 4 is 15.7 Å². The molecule has 0 bridgehead atoms. The summed E-state index contributed by atoms with van der Waals surface area (Å²) in [5.74, 6) is -1.14. The Labute approximate surface area is 96.2 Å². The third-order valence-electron chi connectivity index (χ3n) is 2.21. The molecule has 1 aliphatic rings. The normalized spacial score (nSPS) is 22.2. The molecule has 1 unspecified atom stereocenters. The van der Waals surface area contributed by atoms with Gasteiger partial charge in [0.15, 0.2) is 16.0 Å². The van der Waals surface area contributed by atoms with Crippen molar-refractivity contribution in [3.05, 3.63) is 11.1 Å². The predicted octanol–water partition coefficient (Wildman–Crippen LogP) is 0.213. The van der Waals surface area contributed by atoms with Gasteiger partial charge in [0, 0.05) is 19.0 Å². The number of hydrogen-bond donors (Lipinski definition) is 1. The van der Waals surface area contributed by atoms with Crippen molar-refractivity contribution in [1.82, 2.24) is 10.2 Å². The first-order valence-electron chi connectivity index (χ1n) is 4.63. The lowest BCUT2D eigenvalue weighted by Crippen LogP contribution is -2.58. The SMILES string of the molecule is CCN1C(=O)C(S(C)(=O)=O)=CNC1C(F)(F)F. The second-order valence-electron chi connectivity index (χ2n) is 3.48. The number of hydrogen-bond acceptors (Lipinski definition) is 4. The van der Waals surface area contributed by atoms with Crippen LogP contribution in [-0.2, 0) is 14.6 Å². The molecule has 1 aliphatic heterocycles. The fourth-order valence-corrected chi connectivity index (χ4v) is 2.14. The molecule has 0 saturated carbocycles. The zero-order chi connectivity index (χ0) is 13.4. The van der Waals surface area contributed by atoms with Crippen LogP contribution in [0, 0.1) is 0 Å². The summed E-state index contributed by atoms with van der Waals surface area (Å²) in [5, 5.41) is 1.89. The molecule has 0 fully saturated rings. The monoisotopic (exact) mass is 272 g/mol. The molecule has 0 radical (unpaired) electrons. The van der Waals surface area contributed by atoms with Crippen molar-refractivity contribution < 1.29 is 26.4 Å². The zero-order valence-corrected chi connectivity index (χ0v) is 9.89. The van der Waals surface area contributed by atoms with E-state index in [0.717, 1.165) is 6.26 Å². The van der Waals surface area contributed by atoms with Crippen molar-refractivity contribution in [3.8, 4) is 0 Å². The van der Waals surface area contributed by atoms with Crippen molar-refractivity contribution in [2.45, 2.75) is 19.3 Å². The first-order chi connectivity index (χ1) is 7.59. The molecule has 0 spiro atoms. The fourth-order valence-electron chi connectivity index (χ4n) is 1.43. The van der Waals surface area contributed by atoms with Crippen LogP contribution in [0.25, 0.3) is 0 Å². The van der Waals surface area contributed by atoms with Crippen molar-refractivity contribution in [2.24, 2.45) is 0 Å². The van der Waals surface area contributed by atoms with Crippen LogP contribution in [-0.4, -0.2) is 44.4 Å². The summed E-state index contributed by atoms with van der Waals surface area (Å²) in [5.41, 5.74) is 0. The lowest BCUT2D eigenvalue weighted by molar-refractivity contribution is -0.194. The minimum atomic E-state index is -4.66. The largest absolute Gasteiger partial charge is 0.427 e. The van der Waals surface area contributed by atoms with E-state index < -0.39 is 33.0 Å². The third-order valence-corrected chi connectivity index (χ3v) is 3.30. The molecule has 1 atom stereocenters. The average molecular weight is 272 g/mol. The van der Waals surface area contributed by atoms with Gasteiger partial charge in [-0.3, -0.25) is 4.79 Å². The first kappa shape index (κ1) is 13.8. The van der Waals surface area contributed by atoms with Gasteiger partial charge in [0.05, 0.1) is 0 Å². The maximum atomic E-state index is 12.5. The Balaban J connectivity index is 3.18. The van der Waals surface area contributed by atoms with Gasteiger partial charge < -0.3 is 10.2 Å². The standard InChI is InChI=1S/C8H11F3N2O3S/c1-3-13-6(14)5(17(2,15)16)4-12-7(13)8(9,10)11/h4,7,12H,3H2,1-2H3. The van der Waals surface area contributed by atoms with E-state index in [2.05, 4.69) is 0 Å². The maximum absolute atomic E-state index is 12.5. The number of nitrogens with one attached hydrogen (secondary N) is 1. The Morgan fingerprint density at radius 2 is 2.00 bits per heavy atom. The summed E-state index contributed by atoms with van der Waals surface area (Å²) in [7, 11) is -3.85. The summed E-state index contributed by atoms with van der Waals surface area (Å²) in [6, 6.07) is 0. The summed E-state index contributed by atoms with van der Waals surface area (Å²) in [6.07, 6.45) is -5.49. The number of carbonyl (C=O) groups excluding carboxylic acids is 1. The number of amides is 1. The van der Waals surface area contributed by atoms with Gasteiger partial charge in [0.2, 0.25) is 0 Å². The van der Waals surface area contributed by atoms with Gasteiger partial charge in [-0.2, -0.15) is 13.2 Å². The molecule has 5 nitrogen and oxygen atoms in total. The highest BCUT2D eigenvalue weighted by Gasteiger charge is 2.48. The van der Waals surface area contributed by atoms with Crippen LogP contribution in [0.5, 0.6) is 0 Å². The molecule has 0 aliphatic carbocycles. The van der Waals surface area contributed by atoms with E-state index in [1.807, 2.05) is 5.32 Å². The van der Waals surface area contributed by atoms with E-state index in [1.165, 1.54) is 6.92 Å². The smallest absolute Gasteiger partial charge is 0.362 e. The Kier molecular flexibility index (Phi) is 3.42. The number of rotatable bonds is 2. The summed E-state index contributed by atoms with van der Waals surface area (Å²) in [6.45, 7) is 1.09. The Morgan fingerprint density at radius 3 is 2.35 bits per heavy atom. The predicted molar refractivity (Wildman–Crippen MR) is 53.3 cm³/mol. The Morgan fingerprint density at radius 1 is 1.47 bits per heavy atom. The van der Waals surface area contributed by atoms with E-state index >= 15 is 0 Å². The number of nitrogens with zero attached hydrogens (tertiary/aromatic N) is 1. The molecule has 17 heavy (non-hydrogen) atoms. The number of likely N-dealkylation sites (N-methyl/N-ethyl adjacent to an activating group) is 1. The van der Waals surface area contributed by atoms with E-state index in [0.29, 0.717) is 11.1 Å². The molecular weight excluding hydrogens is 261 g/mol. The van der Waals surface area contributed by atoms with Crippen molar-refractivity contribution in [2.75, 3.05) is 12.8 Å². The molecule has 0 aromatic heterocycles. The minimum Gasteiger partial charge on any atom is -0.362 e. The molecular formula is C8H11F3N2O3S. The van der Waals surface area contributed by atoms with E-state index in [9.17, 15) is 26.4 Å². The molecule has 0 saturated heterocycles. The van der Waals surface area contributed by atoms with Gasteiger partial charge in [-0.1, -0.05) is 0 Å². The highest BCUT2D eigenvalue weighted by atomic mass is 32.2. The van der Waals surface area contributed by atoms with E-state index in [1.54, 1.807) is 0 Å². The molecule has 98 valence electrons. The van der Waals surface area contributed by atoms with Crippen LogP contribution in [0.2, 0.25) is 0 Å². The number of alkyl halides is 3. The Bertz CT molecular complexity index is 455. The lowest BCUT2D eigenvalue weighted by atomic mass is 10.3. The first-order valence-corrected chi connectivity index (χ1v) is 6.52. The van der Waals surface area contributed by atoms with Gasteiger partial charge in [0.1, 0.15) is 4.91 Å². The molecule has 0 aromatic carbocycles. The topological polar surface area (TPSA) is 66.5 Å². The van der Waals surface area contributed by atoms with Crippen LogP contribution in [0.3, 0.4) is 0 Å². The van der Waals surface area contributed by atoms with Gasteiger partial charge in [-0.15, -0.1) is 0 Å². The maximum Gasteiger partial charge on any atom is 0.427 e. The van der Waals surface area contributed by atoms with Gasteiger partial charge >= 0.3 is 6.18 Å². The van der Waals surface area contributed by atoms with Crippen LogP contribution < -0.4 is 5.32 Å². The van der Waals surface area contributed by atoms with Crippen LogP contribution in [0.4, 0.5) is 13.2 Å². The lowest BCUT2D eigenvalue weighted by Gasteiger charge is -2.35. The van der Waals surface area contributed by atoms with E-state index in [-0.39, 0.29) is 6.54 Å². The zero-order valence-electron chi connectivity index (χ0n) is 9.08. The van der Waals surface area contributed by atoms with Crippen LogP contribution >= 0.6 is 0 Å². The molecule has 9 heteroatoms. The van der Waals surface area contributed by atoms with Gasteiger partial charge in [-0.05, 0) is 6.92 Å². The van der Waals surface area contributed by atoms with Crippen LogP contribution in [0.15, 0.2) is 11.1 Å². The number of halogens is 3. The fraction of sp³-hybridized carbons (Fsp3) is 0.625. The number of carbonyl (C=O) groups is 1. The highest BCUT2D eigenvalue weighted by Crippen LogP contribution is 2.27. The summed E-state index contributed by atoms with van der Waals surface area (Å²) < 4.78 is 60.0. The van der Waals surface area contributed by atoms with Crippen molar-refractivity contribution in [3.63, 3.8) is 0 Å². The van der Waals surface area contributed by atoms with Gasteiger partial charge in [-0.25, -0.2) is 8.42 Å². The van der Waals surface area contributed by atoms with Crippen molar-refractivity contribution in [1.29, 1.82) is 0 Å². The van der Waals surface area contributed by atoms with Crippen LogP contribution in [0.1, 0.15) is 6.92 Å². The highest BCUT2D eigenvalue weighted by molar-refractivity contribution is 7.95.